The Morgan fingerprint density at radius 3 is 2.45 bits per heavy atom. The number of halogens is 1. The second-order valence-electron chi connectivity index (χ2n) is 3.92. The molecular formula is C13H11BrN4O2. The number of aromatic nitrogens is 2. The van der Waals surface area contributed by atoms with Gasteiger partial charge in [0.2, 0.25) is 0 Å². The number of benzene rings is 1. The average molecular weight is 335 g/mol. The molecule has 0 saturated carbocycles. The smallest absolute Gasteiger partial charge is 0.351 e. The molecule has 0 aliphatic rings. The van der Waals surface area contributed by atoms with Gasteiger partial charge in [0.15, 0.2) is 5.82 Å². The Labute approximate surface area is 123 Å². The molecule has 0 bridgehead atoms. The zero-order chi connectivity index (χ0) is 14.5. The van der Waals surface area contributed by atoms with E-state index in [1.54, 1.807) is 12.1 Å². The molecule has 2 rings (SSSR count). The summed E-state index contributed by atoms with van der Waals surface area (Å²) in [6.45, 7) is 1.39. The molecule has 0 amide bonds. The van der Waals surface area contributed by atoms with Gasteiger partial charge in [-0.25, -0.2) is 4.79 Å². The minimum atomic E-state index is -1.09. The van der Waals surface area contributed by atoms with Crippen molar-refractivity contribution in [2.45, 2.75) is 6.92 Å². The van der Waals surface area contributed by atoms with E-state index >= 15 is 0 Å². The maximum Gasteiger partial charge on any atom is 0.351 e. The Morgan fingerprint density at radius 2 is 1.90 bits per heavy atom. The number of rotatable bonds is 4. The van der Waals surface area contributed by atoms with Crippen LogP contribution in [0.2, 0.25) is 0 Å². The first kappa shape index (κ1) is 14.1. The maximum atomic E-state index is 10.6. The summed E-state index contributed by atoms with van der Waals surface area (Å²) in [7, 11) is 0. The van der Waals surface area contributed by atoms with E-state index in [0.717, 1.165) is 15.7 Å². The monoisotopic (exact) mass is 334 g/mol. The number of hydrogen-bond acceptors (Lipinski definition) is 5. The Hall–Kier alpha value is -2.28. The van der Waals surface area contributed by atoms with Crippen LogP contribution in [-0.2, 0) is 4.79 Å². The quantitative estimate of drug-likeness (QED) is 0.663. The molecule has 6 nitrogen and oxygen atoms in total. The van der Waals surface area contributed by atoms with Gasteiger partial charge in [0.25, 0.3) is 0 Å². The minimum absolute atomic E-state index is 0.0520. The standard InChI is InChI=1S/C13H11BrN4O2/c1-8(13(19)20)15-17-12-7-6-11(16-18-12)9-2-4-10(14)5-3-9/h2-7H,1H3,(H,17,18)(H,19,20). The molecule has 0 saturated heterocycles. The zero-order valence-corrected chi connectivity index (χ0v) is 12.1. The van der Waals surface area contributed by atoms with Crippen molar-refractivity contribution in [2.75, 3.05) is 5.43 Å². The lowest BCUT2D eigenvalue weighted by Gasteiger charge is -2.02. The number of nitrogens with zero attached hydrogens (tertiary/aromatic N) is 3. The molecule has 1 aromatic carbocycles. The highest BCUT2D eigenvalue weighted by Crippen LogP contribution is 2.19. The first-order valence-corrected chi connectivity index (χ1v) is 6.49. The fourth-order valence-electron chi connectivity index (χ4n) is 1.36. The molecule has 2 N–H and O–H groups in total. The van der Waals surface area contributed by atoms with Crippen molar-refractivity contribution in [1.82, 2.24) is 10.2 Å². The second kappa shape index (κ2) is 6.25. The molecule has 0 aliphatic heterocycles. The summed E-state index contributed by atoms with van der Waals surface area (Å²) in [5.41, 5.74) is 4.15. The van der Waals surface area contributed by atoms with Crippen LogP contribution >= 0.6 is 15.9 Å². The van der Waals surface area contributed by atoms with Crippen molar-refractivity contribution in [3.8, 4) is 11.3 Å². The average Bonchev–Trinajstić information content (AvgIpc) is 2.46. The number of nitrogens with one attached hydrogen (secondary N) is 1. The lowest BCUT2D eigenvalue weighted by molar-refractivity contribution is -0.129. The molecule has 0 aliphatic carbocycles. The highest BCUT2D eigenvalue weighted by molar-refractivity contribution is 9.10. The van der Waals surface area contributed by atoms with Gasteiger partial charge < -0.3 is 5.11 Å². The normalized spacial score (nSPS) is 11.2. The van der Waals surface area contributed by atoms with E-state index in [1.165, 1.54) is 6.92 Å². The van der Waals surface area contributed by atoms with E-state index in [0.29, 0.717) is 5.82 Å². The number of carbonyl (C=O) groups is 1. The highest BCUT2D eigenvalue weighted by Gasteiger charge is 2.03. The van der Waals surface area contributed by atoms with E-state index in [-0.39, 0.29) is 5.71 Å². The third-order valence-corrected chi connectivity index (χ3v) is 2.98. The van der Waals surface area contributed by atoms with Crippen molar-refractivity contribution in [3.05, 3.63) is 40.9 Å². The number of hydrogen-bond donors (Lipinski definition) is 2. The maximum absolute atomic E-state index is 10.6. The predicted molar refractivity (Wildman–Crippen MR) is 79.5 cm³/mol. The SMILES string of the molecule is CC(=NNc1ccc(-c2ccc(Br)cc2)nn1)C(=O)O. The number of aliphatic carboxylic acids is 1. The van der Waals surface area contributed by atoms with E-state index < -0.39 is 5.97 Å². The van der Waals surface area contributed by atoms with Gasteiger partial charge in [0.1, 0.15) is 5.71 Å². The zero-order valence-electron chi connectivity index (χ0n) is 10.5. The Morgan fingerprint density at radius 1 is 1.20 bits per heavy atom. The molecule has 0 atom stereocenters. The van der Waals surface area contributed by atoms with E-state index in [9.17, 15) is 4.79 Å². The minimum Gasteiger partial charge on any atom is -0.477 e. The lowest BCUT2D eigenvalue weighted by Crippen LogP contribution is -2.10. The van der Waals surface area contributed by atoms with Crippen LogP contribution < -0.4 is 5.43 Å². The van der Waals surface area contributed by atoms with Crippen LogP contribution in [0.15, 0.2) is 46.0 Å². The topological polar surface area (TPSA) is 87.5 Å². The molecule has 1 aromatic heterocycles. The first-order valence-electron chi connectivity index (χ1n) is 5.69. The van der Waals surface area contributed by atoms with Gasteiger partial charge in [-0.3, -0.25) is 5.43 Å². The Bertz CT molecular complexity index is 638. The number of carboxylic acid groups (broad SMARTS) is 1. The van der Waals surface area contributed by atoms with E-state index in [4.69, 9.17) is 5.11 Å². The van der Waals surface area contributed by atoms with Crippen LogP contribution in [0.3, 0.4) is 0 Å². The second-order valence-corrected chi connectivity index (χ2v) is 4.84. The summed E-state index contributed by atoms with van der Waals surface area (Å²) < 4.78 is 0.992. The first-order chi connectivity index (χ1) is 9.56. The molecular weight excluding hydrogens is 324 g/mol. The summed E-state index contributed by atoms with van der Waals surface area (Å²) in [5, 5.41) is 20.3. The molecule has 0 radical (unpaired) electrons. The molecule has 0 unspecified atom stereocenters. The third kappa shape index (κ3) is 3.61. The van der Waals surface area contributed by atoms with Crippen LogP contribution in [0.4, 0.5) is 5.82 Å². The van der Waals surface area contributed by atoms with Gasteiger partial charge in [-0.15, -0.1) is 10.2 Å². The largest absolute Gasteiger partial charge is 0.477 e. The number of hydrazone groups is 1. The predicted octanol–water partition coefficient (Wildman–Crippen LogP) is 2.78. The Kier molecular flexibility index (Phi) is 4.41. The van der Waals surface area contributed by atoms with Crippen LogP contribution in [-0.4, -0.2) is 27.0 Å². The van der Waals surface area contributed by atoms with Crippen LogP contribution in [0.1, 0.15) is 6.92 Å². The van der Waals surface area contributed by atoms with E-state index in [1.807, 2.05) is 24.3 Å². The van der Waals surface area contributed by atoms with Crippen LogP contribution in [0, 0.1) is 0 Å². The van der Waals surface area contributed by atoms with Gasteiger partial charge in [0.05, 0.1) is 5.69 Å². The van der Waals surface area contributed by atoms with Crippen LogP contribution in [0.5, 0.6) is 0 Å². The van der Waals surface area contributed by atoms with Crippen molar-refractivity contribution in [3.63, 3.8) is 0 Å². The fraction of sp³-hybridized carbons (Fsp3) is 0.0769. The van der Waals surface area contributed by atoms with Gasteiger partial charge in [-0.2, -0.15) is 5.10 Å². The van der Waals surface area contributed by atoms with Gasteiger partial charge >= 0.3 is 5.97 Å². The summed E-state index contributed by atoms with van der Waals surface area (Å²) in [4.78, 5) is 10.6. The van der Waals surface area contributed by atoms with Crippen molar-refractivity contribution < 1.29 is 9.90 Å². The Balaban J connectivity index is 2.12. The molecule has 2 aromatic rings. The van der Waals surface area contributed by atoms with Gasteiger partial charge in [-0.1, -0.05) is 28.1 Å². The fourth-order valence-corrected chi connectivity index (χ4v) is 1.62. The molecule has 20 heavy (non-hydrogen) atoms. The molecule has 7 heteroatoms. The molecule has 1 heterocycles. The van der Waals surface area contributed by atoms with E-state index in [2.05, 4.69) is 36.7 Å². The molecule has 0 spiro atoms. The van der Waals surface area contributed by atoms with Crippen molar-refractivity contribution >= 4 is 33.4 Å². The van der Waals surface area contributed by atoms with Crippen LogP contribution in [0.25, 0.3) is 11.3 Å². The summed E-state index contributed by atoms with van der Waals surface area (Å²) in [5.74, 6) is -0.705. The van der Waals surface area contributed by atoms with Crippen molar-refractivity contribution in [2.24, 2.45) is 5.10 Å². The summed E-state index contributed by atoms with van der Waals surface area (Å²) >= 11 is 3.37. The number of carboxylic acids is 1. The molecule has 0 fully saturated rings. The lowest BCUT2D eigenvalue weighted by atomic mass is 10.1. The van der Waals surface area contributed by atoms with Crippen molar-refractivity contribution in [1.29, 1.82) is 0 Å². The van der Waals surface area contributed by atoms with Gasteiger partial charge in [0, 0.05) is 10.0 Å². The summed E-state index contributed by atoms with van der Waals surface area (Å²) in [6.07, 6.45) is 0. The van der Waals surface area contributed by atoms with Gasteiger partial charge in [-0.05, 0) is 31.2 Å². The highest BCUT2D eigenvalue weighted by atomic mass is 79.9. The molecule has 102 valence electrons. The third-order valence-electron chi connectivity index (χ3n) is 2.45. The number of anilines is 1. The summed E-state index contributed by atoms with van der Waals surface area (Å²) in [6, 6.07) is 11.2.